The molecule has 1 aliphatic heterocycles. The summed E-state index contributed by atoms with van der Waals surface area (Å²) in [7, 11) is 2.83. The third-order valence-corrected chi connectivity index (χ3v) is 3.52. The molecule has 0 aromatic heterocycles. The molecule has 0 saturated carbocycles. The van der Waals surface area contributed by atoms with Crippen molar-refractivity contribution in [3.05, 3.63) is 36.7 Å². The number of methoxy groups -OCH3 is 2. The minimum atomic E-state index is -1.11. The van der Waals surface area contributed by atoms with Crippen LogP contribution in [0, 0.1) is 0 Å². The zero-order chi connectivity index (χ0) is 15.6. The van der Waals surface area contributed by atoms with Crippen molar-refractivity contribution < 1.29 is 18.7 Å². The quantitative estimate of drug-likeness (QED) is 0.801. The van der Waals surface area contributed by atoms with Crippen molar-refractivity contribution in [2.24, 2.45) is 5.10 Å². The first-order valence-electron chi connectivity index (χ1n) is 6.37. The number of halogens is 1. The largest absolute Gasteiger partial charge is 0.497 e. The minimum Gasteiger partial charge on any atom is -0.497 e. The predicted octanol–water partition coefficient (Wildman–Crippen LogP) is 2.68. The number of rotatable bonds is 4. The van der Waals surface area contributed by atoms with Crippen molar-refractivity contribution in [3.63, 3.8) is 0 Å². The van der Waals surface area contributed by atoms with Crippen molar-refractivity contribution in [3.8, 4) is 5.75 Å². The van der Waals surface area contributed by atoms with Crippen LogP contribution in [-0.4, -0.2) is 31.4 Å². The number of ether oxygens (including phenoxy) is 2. The number of hydrazone groups is 1. The van der Waals surface area contributed by atoms with E-state index in [2.05, 4.69) is 16.4 Å². The van der Waals surface area contributed by atoms with Gasteiger partial charge in [0.2, 0.25) is 0 Å². The second-order valence-electron chi connectivity index (χ2n) is 4.90. The molecule has 1 atom stereocenters. The summed E-state index contributed by atoms with van der Waals surface area (Å²) in [5, 5.41) is 5.64. The number of benzene rings is 1. The van der Waals surface area contributed by atoms with E-state index in [-0.39, 0.29) is 12.1 Å². The molecule has 2 rings (SSSR count). The van der Waals surface area contributed by atoms with Crippen molar-refractivity contribution in [2.45, 2.75) is 18.9 Å². The minimum absolute atomic E-state index is 0.0982. The zero-order valence-corrected chi connectivity index (χ0v) is 12.2. The molecule has 0 radical (unpaired) electrons. The first-order valence-corrected chi connectivity index (χ1v) is 6.37. The van der Waals surface area contributed by atoms with Crippen LogP contribution in [0.1, 0.15) is 13.3 Å². The normalized spacial score (nSPS) is 21.0. The SMILES string of the molecule is C=C(F)C1(C)CC(C(=O)OC)=NN1c1ccc(OC)cc1. The van der Waals surface area contributed by atoms with Crippen molar-refractivity contribution in [1.29, 1.82) is 0 Å². The lowest BCUT2D eigenvalue weighted by molar-refractivity contribution is -0.132. The maximum Gasteiger partial charge on any atom is 0.354 e. The Morgan fingerprint density at radius 1 is 1.38 bits per heavy atom. The molecule has 0 saturated heterocycles. The first-order chi connectivity index (χ1) is 9.92. The summed E-state index contributed by atoms with van der Waals surface area (Å²) in [6.45, 7) is 5.02. The van der Waals surface area contributed by atoms with Crippen LogP contribution < -0.4 is 9.75 Å². The molecule has 1 heterocycles. The fraction of sp³-hybridized carbons (Fsp3) is 0.333. The van der Waals surface area contributed by atoms with E-state index in [9.17, 15) is 9.18 Å². The number of esters is 1. The number of anilines is 1. The van der Waals surface area contributed by atoms with Crippen molar-refractivity contribution in [2.75, 3.05) is 19.2 Å². The molecule has 5 nitrogen and oxygen atoms in total. The average molecular weight is 292 g/mol. The first kappa shape index (κ1) is 15.0. The van der Waals surface area contributed by atoms with E-state index in [1.165, 1.54) is 12.1 Å². The highest BCUT2D eigenvalue weighted by atomic mass is 19.1. The molecule has 21 heavy (non-hydrogen) atoms. The molecular weight excluding hydrogens is 275 g/mol. The summed E-state index contributed by atoms with van der Waals surface area (Å²) in [5.41, 5.74) is -0.316. The Labute approximate surface area is 122 Å². The monoisotopic (exact) mass is 292 g/mol. The lowest BCUT2D eigenvalue weighted by atomic mass is 9.94. The topological polar surface area (TPSA) is 51.1 Å². The highest BCUT2D eigenvalue weighted by molar-refractivity contribution is 6.37. The summed E-state index contributed by atoms with van der Waals surface area (Å²) in [4.78, 5) is 11.6. The number of nitrogens with zero attached hydrogens (tertiary/aromatic N) is 2. The van der Waals surface area contributed by atoms with E-state index in [4.69, 9.17) is 4.74 Å². The smallest absolute Gasteiger partial charge is 0.354 e. The molecule has 112 valence electrons. The predicted molar refractivity (Wildman–Crippen MR) is 78.2 cm³/mol. The molecular formula is C15H17FN2O3. The molecule has 6 heteroatoms. The average Bonchev–Trinajstić information content (AvgIpc) is 2.86. The molecule has 0 bridgehead atoms. The molecule has 0 fully saturated rings. The number of carbonyl (C=O) groups is 1. The van der Waals surface area contributed by atoms with Crippen LogP contribution in [0.2, 0.25) is 0 Å². The highest BCUT2D eigenvalue weighted by Gasteiger charge is 2.44. The maximum absolute atomic E-state index is 13.9. The third-order valence-electron chi connectivity index (χ3n) is 3.52. The fourth-order valence-corrected chi connectivity index (χ4v) is 2.18. The molecule has 1 unspecified atom stereocenters. The van der Waals surface area contributed by atoms with Gasteiger partial charge in [0.1, 0.15) is 22.8 Å². The van der Waals surface area contributed by atoms with Gasteiger partial charge in [-0.15, -0.1) is 0 Å². The summed E-state index contributed by atoms with van der Waals surface area (Å²) in [6.07, 6.45) is 0.0982. The Hall–Kier alpha value is -2.37. The van der Waals surface area contributed by atoms with E-state index in [1.54, 1.807) is 38.3 Å². The molecule has 0 spiro atoms. The van der Waals surface area contributed by atoms with Crippen LogP contribution in [0.25, 0.3) is 0 Å². The summed E-state index contributed by atoms with van der Waals surface area (Å²) in [5.74, 6) is -0.463. The van der Waals surface area contributed by atoms with Gasteiger partial charge in [-0.1, -0.05) is 6.58 Å². The maximum atomic E-state index is 13.9. The van der Waals surface area contributed by atoms with Crippen LogP contribution in [0.4, 0.5) is 10.1 Å². The van der Waals surface area contributed by atoms with Crippen molar-refractivity contribution in [1.82, 2.24) is 0 Å². The number of hydrogen-bond donors (Lipinski definition) is 0. The highest BCUT2D eigenvalue weighted by Crippen LogP contribution is 2.38. The number of hydrogen-bond acceptors (Lipinski definition) is 5. The number of carbonyl (C=O) groups excluding carboxylic acids is 1. The second-order valence-corrected chi connectivity index (χ2v) is 4.90. The van der Waals surface area contributed by atoms with Gasteiger partial charge in [-0.2, -0.15) is 5.10 Å². The third kappa shape index (κ3) is 2.61. The fourth-order valence-electron chi connectivity index (χ4n) is 2.18. The van der Waals surface area contributed by atoms with Crippen molar-refractivity contribution >= 4 is 17.4 Å². The van der Waals surface area contributed by atoms with Crippen LogP contribution >= 0.6 is 0 Å². The van der Waals surface area contributed by atoms with Crippen LogP contribution in [-0.2, 0) is 9.53 Å². The Morgan fingerprint density at radius 2 is 2.00 bits per heavy atom. The van der Waals surface area contributed by atoms with Gasteiger partial charge in [-0.05, 0) is 31.2 Å². The van der Waals surface area contributed by atoms with Crippen LogP contribution in [0.5, 0.6) is 5.75 Å². The van der Waals surface area contributed by atoms with E-state index in [1.807, 2.05) is 0 Å². The Balaban J connectivity index is 2.42. The van der Waals surface area contributed by atoms with Gasteiger partial charge >= 0.3 is 5.97 Å². The molecule has 1 aromatic rings. The molecule has 0 N–H and O–H groups in total. The van der Waals surface area contributed by atoms with Gasteiger partial charge < -0.3 is 9.47 Å². The van der Waals surface area contributed by atoms with Crippen LogP contribution in [0.3, 0.4) is 0 Å². The Kier molecular flexibility index (Phi) is 3.97. The lowest BCUT2D eigenvalue weighted by Gasteiger charge is -2.32. The second kappa shape index (κ2) is 5.55. The lowest BCUT2D eigenvalue weighted by Crippen LogP contribution is -2.40. The molecule has 1 aliphatic rings. The zero-order valence-electron chi connectivity index (χ0n) is 12.2. The summed E-state index contributed by atoms with van der Waals surface area (Å²) in [6, 6.07) is 6.96. The van der Waals surface area contributed by atoms with Gasteiger partial charge in [0.25, 0.3) is 0 Å². The van der Waals surface area contributed by atoms with E-state index in [0.29, 0.717) is 11.4 Å². The molecule has 1 aromatic carbocycles. The van der Waals surface area contributed by atoms with Gasteiger partial charge in [-0.25, -0.2) is 9.18 Å². The van der Waals surface area contributed by atoms with E-state index < -0.39 is 17.3 Å². The van der Waals surface area contributed by atoms with Crippen LogP contribution in [0.15, 0.2) is 41.8 Å². The van der Waals surface area contributed by atoms with Gasteiger partial charge in [0.15, 0.2) is 0 Å². The van der Waals surface area contributed by atoms with Gasteiger partial charge in [0, 0.05) is 6.42 Å². The van der Waals surface area contributed by atoms with Gasteiger partial charge in [0.05, 0.1) is 19.9 Å². The van der Waals surface area contributed by atoms with Gasteiger partial charge in [-0.3, -0.25) is 5.01 Å². The van der Waals surface area contributed by atoms with E-state index >= 15 is 0 Å². The Bertz CT molecular complexity index is 597. The summed E-state index contributed by atoms with van der Waals surface area (Å²) >= 11 is 0. The summed E-state index contributed by atoms with van der Waals surface area (Å²) < 4.78 is 23.7. The Morgan fingerprint density at radius 3 is 2.48 bits per heavy atom. The molecule has 0 amide bonds. The van der Waals surface area contributed by atoms with E-state index in [0.717, 1.165) is 0 Å². The molecule has 0 aliphatic carbocycles. The standard InChI is InChI=1S/C15H17FN2O3/c1-10(16)15(2)9-13(14(19)21-4)17-18(15)11-5-7-12(20-3)8-6-11/h5-8H,1,9H2,2-4H3.